The lowest BCUT2D eigenvalue weighted by Gasteiger charge is -2.32. The Morgan fingerprint density at radius 3 is 2.55 bits per heavy atom. The highest BCUT2D eigenvalue weighted by Gasteiger charge is 2.38. The molecule has 1 unspecified atom stereocenters. The standard InChI is InChI=1S/C14H15NO5/c1-14(13(18)20-3)7-10(12(17)19-2)9-6-8(16)4-5-11(9)15-14/h4-7,15-16H,1-3H3. The van der Waals surface area contributed by atoms with Crippen LogP contribution in [-0.2, 0) is 19.1 Å². The van der Waals surface area contributed by atoms with Crippen LogP contribution in [0.2, 0.25) is 0 Å². The molecule has 20 heavy (non-hydrogen) atoms. The summed E-state index contributed by atoms with van der Waals surface area (Å²) in [5.41, 5.74) is 0.0317. The first-order chi connectivity index (χ1) is 9.41. The van der Waals surface area contributed by atoms with Crippen LogP contribution in [0.1, 0.15) is 12.5 Å². The molecule has 0 aliphatic carbocycles. The Hall–Kier alpha value is -2.50. The van der Waals surface area contributed by atoms with Crippen LogP contribution >= 0.6 is 0 Å². The molecule has 1 aliphatic heterocycles. The predicted molar refractivity (Wildman–Crippen MR) is 72.1 cm³/mol. The van der Waals surface area contributed by atoms with Crippen molar-refractivity contribution >= 4 is 23.2 Å². The summed E-state index contributed by atoms with van der Waals surface area (Å²) >= 11 is 0. The highest BCUT2D eigenvalue weighted by atomic mass is 16.5. The van der Waals surface area contributed by atoms with E-state index in [-0.39, 0.29) is 11.3 Å². The highest BCUT2D eigenvalue weighted by molar-refractivity contribution is 6.20. The van der Waals surface area contributed by atoms with Gasteiger partial charge in [0.1, 0.15) is 5.75 Å². The summed E-state index contributed by atoms with van der Waals surface area (Å²) < 4.78 is 9.47. The van der Waals surface area contributed by atoms with Gasteiger partial charge in [0.15, 0.2) is 5.54 Å². The quantitative estimate of drug-likeness (QED) is 0.626. The molecule has 0 aromatic heterocycles. The van der Waals surface area contributed by atoms with Crippen LogP contribution in [0.3, 0.4) is 0 Å². The van der Waals surface area contributed by atoms with Crippen LogP contribution in [0.25, 0.3) is 5.57 Å². The number of phenolic OH excluding ortho intramolecular Hbond substituents is 1. The number of rotatable bonds is 2. The second-order valence-corrected chi connectivity index (χ2v) is 4.60. The molecule has 0 bridgehead atoms. The molecule has 2 rings (SSSR count). The molecule has 0 radical (unpaired) electrons. The Morgan fingerprint density at radius 1 is 1.25 bits per heavy atom. The number of hydrogen-bond acceptors (Lipinski definition) is 6. The molecule has 1 aliphatic rings. The summed E-state index contributed by atoms with van der Waals surface area (Å²) in [5.74, 6) is -1.10. The van der Waals surface area contributed by atoms with E-state index >= 15 is 0 Å². The fraction of sp³-hybridized carbons (Fsp3) is 0.286. The molecule has 0 saturated heterocycles. The fourth-order valence-electron chi connectivity index (χ4n) is 2.15. The summed E-state index contributed by atoms with van der Waals surface area (Å²) in [7, 11) is 2.52. The SMILES string of the molecule is COC(=O)C1=CC(C)(C(=O)OC)Nc2ccc(O)cc21. The molecule has 6 heteroatoms. The molecule has 0 saturated carbocycles. The van der Waals surface area contributed by atoms with Crippen LogP contribution in [0, 0.1) is 0 Å². The van der Waals surface area contributed by atoms with E-state index in [1.807, 2.05) is 0 Å². The van der Waals surface area contributed by atoms with E-state index in [0.29, 0.717) is 11.3 Å². The van der Waals surface area contributed by atoms with E-state index < -0.39 is 17.5 Å². The average molecular weight is 277 g/mol. The van der Waals surface area contributed by atoms with Gasteiger partial charge in [0.25, 0.3) is 0 Å². The van der Waals surface area contributed by atoms with Crippen molar-refractivity contribution in [2.45, 2.75) is 12.5 Å². The normalized spacial score (nSPS) is 20.2. The molecular formula is C14H15NO5. The largest absolute Gasteiger partial charge is 0.508 e. The molecule has 1 aromatic rings. The number of benzene rings is 1. The zero-order valence-electron chi connectivity index (χ0n) is 11.4. The van der Waals surface area contributed by atoms with E-state index in [1.165, 1.54) is 32.4 Å². The summed E-state index contributed by atoms with van der Waals surface area (Å²) in [6, 6.07) is 4.48. The lowest BCUT2D eigenvalue weighted by Crippen LogP contribution is -2.45. The lowest BCUT2D eigenvalue weighted by atomic mass is 9.89. The van der Waals surface area contributed by atoms with Crippen LogP contribution in [-0.4, -0.2) is 36.8 Å². The number of hydrogen-bond donors (Lipinski definition) is 2. The molecular weight excluding hydrogens is 262 g/mol. The van der Waals surface area contributed by atoms with Gasteiger partial charge in [-0.1, -0.05) is 0 Å². The van der Waals surface area contributed by atoms with Crippen LogP contribution in [0.5, 0.6) is 5.75 Å². The van der Waals surface area contributed by atoms with Gasteiger partial charge < -0.3 is 19.9 Å². The van der Waals surface area contributed by atoms with E-state index in [2.05, 4.69) is 5.32 Å². The molecule has 1 atom stereocenters. The van der Waals surface area contributed by atoms with Crippen molar-refractivity contribution in [3.8, 4) is 5.75 Å². The Labute approximate surface area is 116 Å². The summed E-state index contributed by atoms with van der Waals surface area (Å²) in [6.07, 6.45) is 1.44. The van der Waals surface area contributed by atoms with Gasteiger partial charge in [-0.2, -0.15) is 0 Å². The molecule has 0 spiro atoms. The number of anilines is 1. The van der Waals surface area contributed by atoms with E-state index in [4.69, 9.17) is 9.47 Å². The van der Waals surface area contributed by atoms with E-state index in [9.17, 15) is 14.7 Å². The number of methoxy groups -OCH3 is 2. The average Bonchev–Trinajstić information content (AvgIpc) is 2.45. The zero-order chi connectivity index (χ0) is 14.9. The van der Waals surface area contributed by atoms with Crippen molar-refractivity contribution in [3.05, 3.63) is 29.8 Å². The molecule has 0 amide bonds. The maximum Gasteiger partial charge on any atom is 0.338 e. The minimum Gasteiger partial charge on any atom is -0.508 e. The topological polar surface area (TPSA) is 84.9 Å². The Kier molecular flexibility index (Phi) is 3.40. The summed E-state index contributed by atoms with van der Waals surface area (Å²) in [5, 5.41) is 12.5. The van der Waals surface area contributed by atoms with Crippen molar-refractivity contribution in [3.63, 3.8) is 0 Å². The third-order valence-corrected chi connectivity index (χ3v) is 3.14. The molecule has 6 nitrogen and oxygen atoms in total. The van der Waals surface area contributed by atoms with Gasteiger partial charge in [-0.15, -0.1) is 0 Å². The van der Waals surface area contributed by atoms with Gasteiger partial charge in [0, 0.05) is 11.3 Å². The Balaban J connectivity index is 2.61. The smallest absolute Gasteiger partial charge is 0.338 e. The first kappa shape index (κ1) is 13.9. The van der Waals surface area contributed by atoms with Gasteiger partial charge in [-0.25, -0.2) is 9.59 Å². The van der Waals surface area contributed by atoms with Gasteiger partial charge in [0.05, 0.1) is 19.8 Å². The van der Waals surface area contributed by atoms with Crippen molar-refractivity contribution in [2.24, 2.45) is 0 Å². The number of carbonyl (C=O) groups excluding carboxylic acids is 2. The number of fused-ring (bicyclic) bond motifs is 1. The van der Waals surface area contributed by atoms with Crippen molar-refractivity contribution in [2.75, 3.05) is 19.5 Å². The number of esters is 2. The molecule has 1 heterocycles. The highest BCUT2D eigenvalue weighted by Crippen LogP contribution is 2.36. The first-order valence-electron chi connectivity index (χ1n) is 5.92. The van der Waals surface area contributed by atoms with Gasteiger partial charge in [0.2, 0.25) is 0 Å². The summed E-state index contributed by atoms with van der Waals surface area (Å²) in [6.45, 7) is 1.59. The third kappa shape index (κ3) is 2.20. The number of carbonyl (C=O) groups is 2. The number of aromatic hydroxyl groups is 1. The summed E-state index contributed by atoms with van der Waals surface area (Å²) in [4.78, 5) is 23.8. The van der Waals surface area contributed by atoms with Crippen molar-refractivity contribution < 1.29 is 24.2 Å². The fourth-order valence-corrected chi connectivity index (χ4v) is 2.15. The molecule has 106 valence electrons. The number of phenols is 1. The maximum atomic E-state index is 11.9. The van der Waals surface area contributed by atoms with Crippen molar-refractivity contribution in [1.82, 2.24) is 0 Å². The van der Waals surface area contributed by atoms with Gasteiger partial charge in [-0.05, 0) is 31.2 Å². The first-order valence-corrected chi connectivity index (χ1v) is 5.92. The monoisotopic (exact) mass is 277 g/mol. The second kappa shape index (κ2) is 4.88. The molecule has 1 aromatic carbocycles. The Bertz CT molecular complexity index is 608. The van der Waals surface area contributed by atoms with Gasteiger partial charge in [-0.3, -0.25) is 0 Å². The van der Waals surface area contributed by atoms with Crippen LogP contribution in [0.15, 0.2) is 24.3 Å². The van der Waals surface area contributed by atoms with E-state index in [1.54, 1.807) is 13.0 Å². The Morgan fingerprint density at radius 2 is 1.95 bits per heavy atom. The second-order valence-electron chi connectivity index (χ2n) is 4.60. The van der Waals surface area contributed by atoms with Crippen molar-refractivity contribution in [1.29, 1.82) is 0 Å². The van der Waals surface area contributed by atoms with Gasteiger partial charge >= 0.3 is 11.9 Å². The minimum absolute atomic E-state index is 0.0158. The molecule has 0 fully saturated rings. The predicted octanol–water partition coefficient (Wildman–Crippen LogP) is 1.31. The zero-order valence-corrected chi connectivity index (χ0v) is 11.4. The van der Waals surface area contributed by atoms with Crippen LogP contribution in [0.4, 0.5) is 5.69 Å². The van der Waals surface area contributed by atoms with E-state index in [0.717, 1.165) is 0 Å². The number of nitrogens with one attached hydrogen (secondary N) is 1. The van der Waals surface area contributed by atoms with Crippen LogP contribution < -0.4 is 5.32 Å². The minimum atomic E-state index is -1.18. The molecule has 2 N–H and O–H groups in total. The maximum absolute atomic E-state index is 11.9. The number of ether oxygens (including phenoxy) is 2. The third-order valence-electron chi connectivity index (χ3n) is 3.14. The lowest BCUT2D eigenvalue weighted by molar-refractivity contribution is -0.143.